The van der Waals surface area contributed by atoms with Gasteiger partial charge in [-0.1, -0.05) is 30.3 Å². The highest BCUT2D eigenvalue weighted by molar-refractivity contribution is 5.18. The summed E-state index contributed by atoms with van der Waals surface area (Å²) in [7, 11) is 0. The predicted molar refractivity (Wildman–Crippen MR) is 105 cm³/mol. The molecule has 144 valence electrons. The van der Waals surface area contributed by atoms with Crippen LogP contribution in [0.4, 0.5) is 0 Å². The Morgan fingerprint density at radius 2 is 1.69 bits per heavy atom. The fourth-order valence-corrected chi connectivity index (χ4v) is 6.34. The molecule has 4 bridgehead atoms. The molecule has 0 aromatic heterocycles. The molecular formula is C23H35NO2. The van der Waals surface area contributed by atoms with Gasteiger partial charge in [0.2, 0.25) is 0 Å². The highest BCUT2D eigenvalue weighted by atomic mass is 16.5. The first kappa shape index (κ1) is 18.5. The van der Waals surface area contributed by atoms with Crippen LogP contribution < -0.4 is 5.32 Å². The molecule has 26 heavy (non-hydrogen) atoms. The highest BCUT2D eigenvalue weighted by Gasteiger charge is 2.50. The lowest BCUT2D eigenvalue weighted by Gasteiger charge is -2.57. The summed E-state index contributed by atoms with van der Waals surface area (Å²) in [4.78, 5) is 0. The van der Waals surface area contributed by atoms with Gasteiger partial charge in [-0.3, -0.25) is 0 Å². The van der Waals surface area contributed by atoms with Crippen molar-refractivity contribution in [2.45, 2.75) is 64.0 Å². The van der Waals surface area contributed by atoms with Crippen molar-refractivity contribution in [2.75, 3.05) is 19.8 Å². The Morgan fingerprint density at radius 3 is 2.31 bits per heavy atom. The lowest BCUT2D eigenvalue weighted by Crippen LogP contribution is -2.46. The van der Waals surface area contributed by atoms with Gasteiger partial charge in [0.15, 0.2) is 0 Å². The van der Waals surface area contributed by atoms with E-state index in [0.717, 1.165) is 24.4 Å². The summed E-state index contributed by atoms with van der Waals surface area (Å²) in [6.07, 6.45) is 9.62. The smallest absolute Gasteiger partial charge is 0.0897 e. The SMILES string of the molecule is C[C@H](NC[C@H](O)COCCC12CC3CC(CC(C3)C1)C2)c1ccccc1. The largest absolute Gasteiger partial charge is 0.389 e. The van der Waals surface area contributed by atoms with Gasteiger partial charge in [-0.25, -0.2) is 0 Å². The van der Waals surface area contributed by atoms with E-state index in [1.807, 2.05) is 6.07 Å². The third-order valence-electron chi connectivity index (χ3n) is 7.21. The molecule has 2 atom stereocenters. The van der Waals surface area contributed by atoms with Gasteiger partial charge >= 0.3 is 0 Å². The molecule has 1 aromatic rings. The molecule has 5 rings (SSSR count). The van der Waals surface area contributed by atoms with Crippen LogP contribution in [0.2, 0.25) is 0 Å². The summed E-state index contributed by atoms with van der Waals surface area (Å²) in [5.74, 6) is 3.03. The molecule has 4 aliphatic carbocycles. The van der Waals surface area contributed by atoms with Gasteiger partial charge in [0.25, 0.3) is 0 Å². The number of ether oxygens (including phenoxy) is 1. The Bertz CT molecular complexity index is 538. The molecule has 2 N–H and O–H groups in total. The number of nitrogens with one attached hydrogen (secondary N) is 1. The van der Waals surface area contributed by atoms with Gasteiger partial charge in [0.05, 0.1) is 12.7 Å². The number of benzene rings is 1. The lowest BCUT2D eigenvalue weighted by molar-refractivity contribution is -0.0730. The maximum absolute atomic E-state index is 10.2. The molecule has 0 aliphatic heterocycles. The summed E-state index contributed by atoms with van der Waals surface area (Å²) in [5, 5.41) is 13.6. The minimum absolute atomic E-state index is 0.248. The fraction of sp³-hybridized carbons (Fsp3) is 0.739. The Hall–Kier alpha value is -0.900. The number of aliphatic hydroxyl groups excluding tert-OH is 1. The minimum atomic E-state index is -0.433. The van der Waals surface area contributed by atoms with Gasteiger partial charge in [0.1, 0.15) is 0 Å². The van der Waals surface area contributed by atoms with Crippen LogP contribution in [0.25, 0.3) is 0 Å². The number of aliphatic hydroxyl groups is 1. The first-order chi connectivity index (χ1) is 12.6. The Labute approximate surface area is 158 Å². The summed E-state index contributed by atoms with van der Waals surface area (Å²) in [6.45, 7) is 3.97. The van der Waals surface area contributed by atoms with Crippen molar-refractivity contribution in [1.29, 1.82) is 0 Å². The second-order valence-corrected chi connectivity index (χ2v) is 9.44. The molecule has 4 aliphatic rings. The third-order valence-corrected chi connectivity index (χ3v) is 7.21. The van der Waals surface area contributed by atoms with Crippen molar-refractivity contribution < 1.29 is 9.84 Å². The summed E-state index contributed by atoms with van der Waals surface area (Å²) < 4.78 is 5.88. The molecule has 1 aromatic carbocycles. The van der Waals surface area contributed by atoms with Crippen LogP contribution >= 0.6 is 0 Å². The molecule has 0 radical (unpaired) electrons. The molecule has 4 saturated carbocycles. The molecule has 3 nitrogen and oxygen atoms in total. The van der Waals surface area contributed by atoms with E-state index in [-0.39, 0.29) is 6.04 Å². The summed E-state index contributed by atoms with van der Waals surface area (Å²) >= 11 is 0. The molecule has 0 heterocycles. The monoisotopic (exact) mass is 357 g/mol. The zero-order valence-electron chi connectivity index (χ0n) is 16.2. The Kier molecular flexibility index (Phi) is 5.68. The maximum Gasteiger partial charge on any atom is 0.0897 e. The highest BCUT2D eigenvalue weighted by Crippen LogP contribution is 2.61. The number of hydrogen-bond acceptors (Lipinski definition) is 3. The van der Waals surface area contributed by atoms with Crippen molar-refractivity contribution >= 4 is 0 Å². The summed E-state index contributed by atoms with van der Waals surface area (Å²) in [5.41, 5.74) is 1.84. The van der Waals surface area contributed by atoms with Crippen LogP contribution in [0.3, 0.4) is 0 Å². The van der Waals surface area contributed by atoms with Crippen molar-refractivity contribution in [2.24, 2.45) is 23.2 Å². The topological polar surface area (TPSA) is 41.5 Å². The normalized spacial score (nSPS) is 34.8. The van der Waals surface area contributed by atoms with Gasteiger partial charge in [0, 0.05) is 19.2 Å². The van der Waals surface area contributed by atoms with E-state index < -0.39 is 6.10 Å². The summed E-state index contributed by atoms with van der Waals surface area (Å²) in [6, 6.07) is 10.6. The van der Waals surface area contributed by atoms with Crippen LogP contribution in [-0.4, -0.2) is 31.0 Å². The van der Waals surface area contributed by atoms with Crippen molar-refractivity contribution in [3.8, 4) is 0 Å². The van der Waals surface area contributed by atoms with E-state index in [0.29, 0.717) is 18.6 Å². The van der Waals surface area contributed by atoms with Crippen LogP contribution in [0, 0.1) is 23.2 Å². The molecule has 4 fully saturated rings. The van der Waals surface area contributed by atoms with E-state index in [2.05, 4.69) is 36.5 Å². The van der Waals surface area contributed by atoms with Crippen LogP contribution in [0.1, 0.15) is 63.5 Å². The van der Waals surface area contributed by atoms with E-state index in [1.165, 1.54) is 50.5 Å². The number of rotatable bonds is 9. The van der Waals surface area contributed by atoms with E-state index in [9.17, 15) is 5.11 Å². The zero-order valence-corrected chi connectivity index (χ0v) is 16.2. The van der Waals surface area contributed by atoms with E-state index in [1.54, 1.807) is 0 Å². The molecular weight excluding hydrogens is 322 g/mol. The molecule has 0 unspecified atom stereocenters. The van der Waals surface area contributed by atoms with Crippen LogP contribution in [-0.2, 0) is 4.74 Å². The minimum Gasteiger partial charge on any atom is -0.389 e. The van der Waals surface area contributed by atoms with E-state index >= 15 is 0 Å². The van der Waals surface area contributed by atoms with Gasteiger partial charge in [-0.05, 0) is 80.6 Å². The van der Waals surface area contributed by atoms with Crippen LogP contribution in [0.5, 0.6) is 0 Å². The number of hydrogen-bond donors (Lipinski definition) is 2. The van der Waals surface area contributed by atoms with Gasteiger partial charge in [-0.2, -0.15) is 0 Å². The average molecular weight is 358 g/mol. The van der Waals surface area contributed by atoms with Crippen molar-refractivity contribution in [1.82, 2.24) is 5.32 Å². The van der Waals surface area contributed by atoms with Crippen molar-refractivity contribution in [3.63, 3.8) is 0 Å². The average Bonchev–Trinajstić information content (AvgIpc) is 2.63. The second-order valence-electron chi connectivity index (χ2n) is 9.44. The Balaban J connectivity index is 1.14. The molecule has 0 saturated heterocycles. The third kappa shape index (κ3) is 4.32. The standard InChI is InChI=1S/C23H35NO2/c1-17(21-5-3-2-4-6-21)24-15-22(25)16-26-8-7-23-12-18-9-19(13-23)11-20(10-18)14-23/h2-6,17-20,22,24-25H,7-16H2,1H3/t17-,18?,19?,20?,22-,23?/m0/s1. The zero-order chi connectivity index (χ0) is 18.0. The molecule has 0 spiro atoms. The quantitative estimate of drug-likeness (QED) is 0.647. The predicted octanol–water partition coefficient (Wildman–Crippen LogP) is 4.32. The van der Waals surface area contributed by atoms with E-state index in [4.69, 9.17) is 4.74 Å². The fourth-order valence-electron chi connectivity index (χ4n) is 6.34. The van der Waals surface area contributed by atoms with Crippen LogP contribution in [0.15, 0.2) is 30.3 Å². The van der Waals surface area contributed by atoms with Gasteiger partial charge < -0.3 is 15.2 Å². The molecule has 0 amide bonds. The van der Waals surface area contributed by atoms with Crippen molar-refractivity contribution in [3.05, 3.63) is 35.9 Å². The van der Waals surface area contributed by atoms with Gasteiger partial charge in [-0.15, -0.1) is 0 Å². The molecule has 3 heteroatoms. The first-order valence-electron chi connectivity index (χ1n) is 10.7. The first-order valence-corrected chi connectivity index (χ1v) is 10.7. The Morgan fingerprint density at radius 1 is 1.08 bits per heavy atom. The second kappa shape index (κ2) is 8.00. The lowest BCUT2D eigenvalue weighted by atomic mass is 9.49. The maximum atomic E-state index is 10.2.